The fourth-order valence-electron chi connectivity index (χ4n) is 3.53. The van der Waals surface area contributed by atoms with Gasteiger partial charge in [-0.1, -0.05) is 35.9 Å². The molecule has 3 aromatic carbocycles. The first kappa shape index (κ1) is 23.4. The number of carbonyl (C=O) groups excluding carboxylic acids is 1. The van der Waals surface area contributed by atoms with Gasteiger partial charge in [0.05, 0.1) is 13.7 Å². The normalized spacial score (nSPS) is 10.7. The lowest BCUT2D eigenvalue weighted by Gasteiger charge is -2.14. The lowest BCUT2D eigenvalue weighted by atomic mass is 10.1. The topological polar surface area (TPSA) is 65.4 Å². The van der Waals surface area contributed by atoms with Crippen LogP contribution in [0.5, 0.6) is 11.5 Å². The average Bonchev–Trinajstić information content (AvgIpc) is 3.27. The predicted molar refractivity (Wildman–Crippen MR) is 134 cm³/mol. The highest BCUT2D eigenvalue weighted by molar-refractivity contribution is 6.30. The number of nitrogens with zero attached hydrogens (tertiary/aromatic N) is 2. The standard InChI is InChI=1S/C27H26ClN3O3/c1-18-4-5-19(2)25(14-18)34-17-22-15-21(8-11-24(22)33-3)27(32)29-26-12-13-31(30-26)16-20-6-9-23(28)10-7-20/h4-15H,16-17H2,1-3H3,(H,29,30,32). The molecule has 0 unspecified atom stereocenters. The molecule has 0 saturated heterocycles. The van der Waals surface area contributed by atoms with Gasteiger partial charge in [0.25, 0.3) is 5.91 Å². The second kappa shape index (κ2) is 10.4. The second-order valence-electron chi connectivity index (χ2n) is 8.06. The minimum Gasteiger partial charge on any atom is -0.496 e. The Bertz CT molecular complexity index is 1300. The van der Waals surface area contributed by atoms with Crippen LogP contribution in [0.2, 0.25) is 5.02 Å². The molecule has 1 aromatic heterocycles. The summed E-state index contributed by atoms with van der Waals surface area (Å²) in [6.07, 6.45) is 1.82. The summed E-state index contributed by atoms with van der Waals surface area (Å²) in [7, 11) is 1.60. The van der Waals surface area contributed by atoms with Gasteiger partial charge in [-0.2, -0.15) is 5.10 Å². The molecule has 6 nitrogen and oxygen atoms in total. The van der Waals surface area contributed by atoms with Gasteiger partial charge in [0.1, 0.15) is 18.1 Å². The Hall–Kier alpha value is -3.77. The highest BCUT2D eigenvalue weighted by atomic mass is 35.5. The number of amides is 1. The molecule has 0 radical (unpaired) electrons. The Morgan fingerprint density at radius 1 is 1.00 bits per heavy atom. The lowest BCUT2D eigenvalue weighted by Crippen LogP contribution is -2.14. The highest BCUT2D eigenvalue weighted by Crippen LogP contribution is 2.25. The van der Waals surface area contributed by atoms with Crippen LogP contribution in [0.25, 0.3) is 0 Å². The Morgan fingerprint density at radius 2 is 1.79 bits per heavy atom. The molecule has 7 heteroatoms. The molecule has 174 valence electrons. The smallest absolute Gasteiger partial charge is 0.256 e. The quantitative estimate of drug-likeness (QED) is 0.337. The van der Waals surface area contributed by atoms with Crippen molar-refractivity contribution in [2.24, 2.45) is 0 Å². The van der Waals surface area contributed by atoms with Crippen molar-refractivity contribution in [2.75, 3.05) is 12.4 Å². The molecule has 0 aliphatic carbocycles. The van der Waals surface area contributed by atoms with Crippen LogP contribution < -0.4 is 14.8 Å². The monoisotopic (exact) mass is 475 g/mol. The van der Waals surface area contributed by atoms with E-state index in [9.17, 15) is 4.79 Å². The summed E-state index contributed by atoms with van der Waals surface area (Å²) in [5.41, 5.74) is 4.51. The molecule has 0 fully saturated rings. The van der Waals surface area contributed by atoms with Crippen molar-refractivity contribution >= 4 is 23.3 Å². The van der Waals surface area contributed by atoms with Crippen LogP contribution in [0.15, 0.2) is 72.9 Å². The number of rotatable bonds is 8. The van der Waals surface area contributed by atoms with Crippen molar-refractivity contribution in [3.8, 4) is 11.5 Å². The zero-order chi connectivity index (χ0) is 24.1. The molecule has 4 aromatic rings. The first-order valence-corrected chi connectivity index (χ1v) is 11.3. The van der Waals surface area contributed by atoms with E-state index >= 15 is 0 Å². The summed E-state index contributed by atoms with van der Waals surface area (Å²) < 4.78 is 13.3. The fourth-order valence-corrected chi connectivity index (χ4v) is 3.66. The van der Waals surface area contributed by atoms with Gasteiger partial charge in [-0.15, -0.1) is 0 Å². The number of ether oxygens (including phenoxy) is 2. The third kappa shape index (κ3) is 5.77. The van der Waals surface area contributed by atoms with Crippen LogP contribution in [0.3, 0.4) is 0 Å². The minimum atomic E-state index is -0.257. The van der Waals surface area contributed by atoms with Crippen LogP contribution in [0, 0.1) is 13.8 Å². The molecule has 34 heavy (non-hydrogen) atoms. The van der Waals surface area contributed by atoms with E-state index in [1.54, 1.807) is 36.1 Å². The Balaban J connectivity index is 1.44. The van der Waals surface area contributed by atoms with E-state index in [-0.39, 0.29) is 12.5 Å². The number of hydrogen-bond acceptors (Lipinski definition) is 4. The van der Waals surface area contributed by atoms with Gasteiger partial charge in [0.15, 0.2) is 5.82 Å². The van der Waals surface area contributed by atoms with Crippen molar-refractivity contribution in [3.63, 3.8) is 0 Å². The molecular weight excluding hydrogens is 450 g/mol. The number of anilines is 1. The average molecular weight is 476 g/mol. The Labute approximate surface area is 204 Å². The first-order chi connectivity index (χ1) is 16.4. The van der Waals surface area contributed by atoms with Gasteiger partial charge in [0, 0.05) is 28.4 Å². The maximum Gasteiger partial charge on any atom is 0.256 e. The molecule has 0 aliphatic rings. The van der Waals surface area contributed by atoms with E-state index in [0.717, 1.165) is 28.0 Å². The maximum absolute atomic E-state index is 12.9. The maximum atomic E-state index is 12.9. The molecule has 1 amide bonds. The summed E-state index contributed by atoms with van der Waals surface area (Å²) >= 11 is 5.94. The van der Waals surface area contributed by atoms with Gasteiger partial charge in [-0.3, -0.25) is 9.48 Å². The fraction of sp³-hybridized carbons (Fsp3) is 0.185. The predicted octanol–water partition coefficient (Wildman–Crippen LogP) is 6.04. The molecule has 1 heterocycles. The van der Waals surface area contributed by atoms with E-state index in [2.05, 4.69) is 10.4 Å². The molecule has 0 saturated carbocycles. The third-order valence-electron chi connectivity index (χ3n) is 5.41. The van der Waals surface area contributed by atoms with Crippen LogP contribution in [0.1, 0.15) is 32.6 Å². The summed E-state index contributed by atoms with van der Waals surface area (Å²) in [6, 6.07) is 20.7. The van der Waals surface area contributed by atoms with Gasteiger partial charge >= 0.3 is 0 Å². The zero-order valence-electron chi connectivity index (χ0n) is 19.3. The number of benzene rings is 3. The van der Waals surface area contributed by atoms with Crippen molar-refractivity contribution < 1.29 is 14.3 Å². The SMILES string of the molecule is COc1ccc(C(=O)Nc2ccn(Cc3ccc(Cl)cc3)n2)cc1COc1cc(C)ccc1C. The van der Waals surface area contributed by atoms with Crippen LogP contribution in [0.4, 0.5) is 5.82 Å². The van der Waals surface area contributed by atoms with Crippen LogP contribution >= 0.6 is 11.6 Å². The van der Waals surface area contributed by atoms with Crippen molar-refractivity contribution in [1.82, 2.24) is 9.78 Å². The van der Waals surface area contributed by atoms with Crippen LogP contribution in [-0.4, -0.2) is 22.8 Å². The summed E-state index contributed by atoms with van der Waals surface area (Å²) in [5, 5.41) is 7.99. The highest BCUT2D eigenvalue weighted by Gasteiger charge is 2.13. The van der Waals surface area contributed by atoms with Gasteiger partial charge < -0.3 is 14.8 Å². The number of hydrogen-bond donors (Lipinski definition) is 1. The van der Waals surface area contributed by atoms with Crippen molar-refractivity contribution in [3.05, 3.63) is 106 Å². The summed E-state index contributed by atoms with van der Waals surface area (Å²) in [4.78, 5) is 12.9. The molecule has 0 spiro atoms. The van der Waals surface area contributed by atoms with Gasteiger partial charge in [-0.25, -0.2) is 0 Å². The second-order valence-corrected chi connectivity index (χ2v) is 8.50. The molecule has 0 atom stereocenters. The lowest BCUT2D eigenvalue weighted by molar-refractivity contribution is 0.102. The van der Waals surface area contributed by atoms with Gasteiger partial charge in [-0.05, 0) is 66.9 Å². The number of halogens is 1. The van der Waals surface area contributed by atoms with E-state index in [4.69, 9.17) is 21.1 Å². The Kier molecular flexibility index (Phi) is 7.18. The number of carbonyl (C=O) groups is 1. The summed E-state index contributed by atoms with van der Waals surface area (Å²) in [5.74, 6) is 1.69. The van der Waals surface area contributed by atoms with Crippen molar-refractivity contribution in [2.45, 2.75) is 27.0 Å². The summed E-state index contributed by atoms with van der Waals surface area (Å²) in [6.45, 7) is 4.89. The van der Waals surface area contributed by atoms with E-state index in [1.807, 2.05) is 62.5 Å². The number of methoxy groups -OCH3 is 1. The first-order valence-electron chi connectivity index (χ1n) is 10.9. The van der Waals surface area contributed by atoms with E-state index in [1.165, 1.54) is 0 Å². The molecule has 4 rings (SSSR count). The van der Waals surface area contributed by atoms with Crippen molar-refractivity contribution in [1.29, 1.82) is 0 Å². The number of aryl methyl sites for hydroxylation is 2. The van der Waals surface area contributed by atoms with E-state index in [0.29, 0.717) is 28.7 Å². The third-order valence-corrected chi connectivity index (χ3v) is 5.66. The molecular formula is C27H26ClN3O3. The van der Waals surface area contributed by atoms with Crippen LogP contribution in [-0.2, 0) is 13.2 Å². The minimum absolute atomic E-state index is 0.257. The molecule has 1 N–H and O–H groups in total. The van der Waals surface area contributed by atoms with Gasteiger partial charge in [0.2, 0.25) is 0 Å². The number of aromatic nitrogens is 2. The number of nitrogens with one attached hydrogen (secondary N) is 1. The molecule has 0 bridgehead atoms. The largest absolute Gasteiger partial charge is 0.496 e. The zero-order valence-corrected chi connectivity index (χ0v) is 20.1. The molecule has 0 aliphatic heterocycles. The van der Waals surface area contributed by atoms with E-state index < -0.39 is 0 Å². The Morgan fingerprint density at radius 3 is 2.56 bits per heavy atom.